The number of fused-ring (bicyclic) bond motifs is 9. The van der Waals surface area contributed by atoms with Crippen LogP contribution in [0, 0.1) is 0 Å². The predicted octanol–water partition coefficient (Wildman–Crippen LogP) is 14.4. The first-order chi connectivity index (χ1) is 30.2. The maximum absolute atomic E-state index is 5.31. The second-order valence-electron chi connectivity index (χ2n) is 15.6. The molecule has 0 N–H and O–H groups in total. The summed E-state index contributed by atoms with van der Waals surface area (Å²) in [5.41, 5.74) is 11.0. The van der Waals surface area contributed by atoms with Crippen molar-refractivity contribution in [3.8, 4) is 56.7 Å². The molecule has 0 fully saturated rings. The molecule has 0 unspecified atom stereocenters. The fourth-order valence-electron chi connectivity index (χ4n) is 9.33. The highest BCUT2D eigenvalue weighted by atomic mass is 32.2. The molecule has 0 amide bonds. The first-order valence-corrected chi connectivity index (χ1v) is 21.3. The molecule has 3 aromatic heterocycles. The van der Waals surface area contributed by atoms with E-state index in [0.29, 0.717) is 17.5 Å². The molecule has 284 valence electrons. The van der Waals surface area contributed by atoms with Gasteiger partial charge in [0.05, 0.1) is 16.7 Å². The van der Waals surface area contributed by atoms with E-state index >= 15 is 0 Å². The van der Waals surface area contributed by atoms with Crippen molar-refractivity contribution in [2.24, 2.45) is 0 Å². The Balaban J connectivity index is 1.06. The summed E-state index contributed by atoms with van der Waals surface area (Å²) in [6.45, 7) is 0. The highest BCUT2D eigenvalue weighted by Gasteiger charge is 2.28. The van der Waals surface area contributed by atoms with Crippen LogP contribution in [0.4, 0.5) is 0 Å². The van der Waals surface area contributed by atoms with Gasteiger partial charge in [0.15, 0.2) is 17.5 Å². The molecule has 9 aromatic carbocycles. The predicted molar refractivity (Wildman–Crippen MR) is 252 cm³/mol. The van der Waals surface area contributed by atoms with E-state index in [1.54, 1.807) is 0 Å². The Morgan fingerprint density at radius 3 is 1.85 bits per heavy atom. The minimum Gasteiger partial charge on any atom is -0.295 e. The van der Waals surface area contributed by atoms with Gasteiger partial charge < -0.3 is 0 Å². The number of benzene rings is 9. The van der Waals surface area contributed by atoms with E-state index in [-0.39, 0.29) is 0 Å². The third kappa shape index (κ3) is 5.32. The topological polar surface area (TPSA) is 48.5 Å². The molecular formula is C55H33N5S. The van der Waals surface area contributed by atoms with Crippen LogP contribution < -0.4 is 0 Å². The molecule has 0 saturated heterocycles. The molecule has 1 aliphatic heterocycles. The highest BCUT2D eigenvalue weighted by Crippen LogP contribution is 2.49. The number of hydrogen-bond acceptors (Lipinski definition) is 4. The summed E-state index contributed by atoms with van der Waals surface area (Å²) in [4.78, 5) is 18.4. The van der Waals surface area contributed by atoms with E-state index < -0.39 is 0 Å². The van der Waals surface area contributed by atoms with Gasteiger partial charge in [-0.3, -0.25) is 9.13 Å². The second-order valence-corrected chi connectivity index (χ2v) is 16.7. The fraction of sp³-hybridized carbons (Fsp3) is 0. The Hall–Kier alpha value is -7.80. The van der Waals surface area contributed by atoms with E-state index in [2.05, 4.69) is 209 Å². The normalized spacial score (nSPS) is 12.2. The van der Waals surface area contributed by atoms with Crippen molar-refractivity contribution in [1.29, 1.82) is 0 Å². The Morgan fingerprint density at radius 2 is 1.00 bits per heavy atom. The van der Waals surface area contributed by atoms with Gasteiger partial charge in [-0.1, -0.05) is 151 Å². The van der Waals surface area contributed by atoms with Crippen LogP contribution in [-0.2, 0) is 0 Å². The molecule has 1 aliphatic rings. The Morgan fingerprint density at radius 1 is 0.377 bits per heavy atom. The van der Waals surface area contributed by atoms with Crippen LogP contribution in [0.25, 0.3) is 111 Å². The number of rotatable bonds is 5. The molecule has 13 rings (SSSR count). The first-order valence-electron chi connectivity index (χ1n) is 20.5. The van der Waals surface area contributed by atoms with Crippen molar-refractivity contribution in [1.82, 2.24) is 24.1 Å². The van der Waals surface area contributed by atoms with Crippen molar-refractivity contribution in [2.45, 2.75) is 9.79 Å². The van der Waals surface area contributed by atoms with Gasteiger partial charge in [0.25, 0.3) is 0 Å². The average Bonchev–Trinajstić information content (AvgIpc) is 3.85. The molecule has 61 heavy (non-hydrogen) atoms. The zero-order valence-corrected chi connectivity index (χ0v) is 33.5. The molecule has 0 atom stereocenters. The third-order valence-corrected chi connectivity index (χ3v) is 13.2. The molecule has 0 aliphatic carbocycles. The van der Waals surface area contributed by atoms with Gasteiger partial charge in [-0.15, -0.1) is 0 Å². The van der Waals surface area contributed by atoms with Crippen LogP contribution in [0.1, 0.15) is 0 Å². The van der Waals surface area contributed by atoms with E-state index in [0.717, 1.165) is 55.1 Å². The molecular weight excluding hydrogens is 763 g/mol. The van der Waals surface area contributed by atoms with Gasteiger partial charge in [-0.25, -0.2) is 15.0 Å². The van der Waals surface area contributed by atoms with Gasteiger partial charge >= 0.3 is 0 Å². The standard InChI is InChI=1S/C55H33N5S/c1-3-13-34(14-4-1)36-25-26-38-32-39(28-27-37(38)31-36)52-56-53(58-54(57-52)43-20-11-16-35-15-7-8-19-42(35)43)40-29-30-46-45(33-40)50-44-21-12-24-49-51(44)60(47-22-9-10-23-48(47)61-49)55(50)59(46)41-17-5-2-6-18-41/h1-33H. The van der Waals surface area contributed by atoms with E-state index in [4.69, 9.17) is 15.0 Å². The summed E-state index contributed by atoms with van der Waals surface area (Å²) in [6, 6.07) is 71.3. The Labute approximate surface area is 355 Å². The van der Waals surface area contributed by atoms with Crippen molar-refractivity contribution >= 4 is 66.1 Å². The summed E-state index contributed by atoms with van der Waals surface area (Å²) in [7, 11) is 0. The summed E-state index contributed by atoms with van der Waals surface area (Å²) in [5.74, 6) is 1.91. The fourth-order valence-corrected chi connectivity index (χ4v) is 10.4. The number of para-hydroxylation sites is 3. The van der Waals surface area contributed by atoms with E-state index in [1.807, 2.05) is 11.8 Å². The van der Waals surface area contributed by atoms with E-state index in [1.165, 1.54) is 48.3 Å². The van der Waals surface area contributed by atoms with Crippen molar-refractivity contribution in [3.05, 3.63) is 200 Å². The molecule has 0 spiro atoms. The summed E-state index contributed by atoms with van der Waals surface area (Å²) in [5, 5.41) is 8.12. The minimum atomic E-state index is 0.629. The molecule has 0 bridgehead atoms. The molecule has 0 saturated carbocycles. The Kier molecular flexibility index (Phi) is 7.47. The number of nitrogens with zero attached hydrogens (tertiary/aromatic N) is 5. The summed E-state index contributed by atoms with van der Waals surface area (Å²) < 4.78 is 4.89. The maximum Gasteiger partial charge on any atom is 0.164 e. The number of aromatic nitrogens is 5. The quantitative estimate of drug-likeness (QED) is 0.174. The largest absolute Gasteiger partial charge is 0.295 e. The molecule has 0 radical (unpaired) electrons. The van der Waals surface area contributed by atoms with Crippen molar-refractivity contribution in [2.75, 3.05) is 0 Å². The summed E-state index contributed by atoms with van der Waals surface area (Å²) >= 11 is 1.84. The van der Waals surface area contributed by atoms with Gasteiger partial charge in [-0.2, -0.15) is 0 Å². The SMILES string of the molecule is c1ccc(-c2ccc3cc(-c4nc(-c5ccc6c(c5)c5c7cccc8c7n(c5n6-c5ccccc5)-c5ccccc5S8)nc(-c5cccc6ccccc56)n4)ccc3c2)cc1. The lowest BCUT2D eigenvalue weighted by Gasteiger charge is -2.21. The monoisotopic (exact) mass is 795 g/mol. The van der Waals surface area contributed by atoms with Crippen LogP contribution >= 0.6 is 11.8 Å². The van der Waals surface area contributed by atoms with Crippen LogP contribution in [0.5, 0.6) is 0 Å². The van der Waals surface area contributed by atoms with Crippen LogP contribution in [0.15, 0.2) is 210 Å². The van der Waals surface area contributed by atoms with Gasteiger partial charge in [-0.05, 0) is 93.3 Å². The van der Waals surface area contributed by atoms with Gasteiger partial charge in [0, 0.05) is 48.3 Å². The smallest absolute Gasteiger partial charge is 0.164 e. The van der Waals surface area contributed by atoms with Crippen LogP contribution in [0.2, 0.25) is 0 Å². The van der Waals surface area contributed by atoms with Crippen LogP contribution in [0.3, 0.4) is 0 Å². The minimum absolute atomic E-state index is 0.629. The van der Waals surface area contributed by atoms with Gasteiger partial charge in [0.2, 0.25) is 0 Å². The van der Waals surface area contributed by atoms with Gasteiger partial charge in [0.1, 0.15) is 5.65 Å². The lowest BCUT2D eigenvalue weighted by molar-refractivity contribution is 1.03. The Bertz CT molecular complexity index is 3730. The molecule has 6 heteroatoms. The summed E-state index contributed by atoms with van der Waals surface area (Å²) in [6.07, 6.45) is 0. The average molecular weight is 796 g/mol. The van der Waals surface area contributed by atoms with Crippen LogP contribution in [-0.4, -0.2) is 24.1 Å². The van der Waals surface area contributed by atoms with E-state index in [9.17, 15) is 0 Å². The second kappa shape index (κ2) is 13.4. The zero-order valence-electron chi connectivity index (χ0n) is 32.7. The van der Waals surface area contributed by atoms with Crippen molar-refractivity contribution in [3.63, 3.8) is 0 Å². The molecule has 5 nitrogen and oxygen atoms in total. The number of hydrogen-bond donors (Lipinski definition) is 0. The molecule has 12 aromatic rings. The lowest BCUT2D eigenvalue weighted by Crippen LogP contribution is -2.05. The first kappa shape index (κ1) is 34.1. The zero-order chi connectivity index (χ0) is 40.0. The maximum atomic E-state index is 5.31. The third-order valence-electron chi connectivity index (χ3n) is 12.1. The molecule has 4 heterocycles. The van der Waals surface area contributed by atoms with Crippen molar-refractivity contribution < 1.29 is 0 Å². The lowest BCUT2D eigenvalue weighted by atomic mass is 10.00. The highest BCUT2D eigenvalue weighted by molar-refractivity contribution is 7.99.